The van der Waals surface area contributed by atoms with E-state index in [-0.39, 0.29) is 0 Å². The quantitative estimate of drug-likeness (QED) is 0.633. The molecule has 2 N–H and O–H groups in total. The molecule has 0 radical (unpaired) electrons. The number of rotatable bonds is 5. The van der Waals surface area contributed by atoms with E-state index in [9.17, 15) is 0 Å². The molecule has 3 heteroatoms. The Morgan fingerprint density at radius 3 is 2.63 bits per heavy atom. The van der Waals surface area contributed by atoms with Crippen LogP contribution >= 0.6 is 15.9 Å². The van der Waals surface area contributed by atoms with E-state index in [0.29, 0.717) is 0 Å². The molecule has 0 saturated heterocycles. The number of aromatic nitrogens is 1. The first kappa shape index (κ1) is 14.1. The fourth-order valence-corrected chi connectivity index (χ4v) is 2.27. The minimum Gasteiger partial charge on any atom is -0.398 e. The number of nitrogens with zero attached hydrogens (tertiary/aromatic N) is 1. The number of anilines is 1. The second-order valence-electron chi connectivity index (χ2n) is 4.75. The lowest BCUT2D eigenvalue weighted by Crippen LogP contribution is -1.91. The number of benzene rings is 1. The third kappa shape index (κ3) is 3.80. The summed E-state index contributed by atoms with van der Waals surface area (Å²) < 4.78 is 0.924. The molecule has 2 aromatic rings. The number of halogens is 1. The maximum atomic E-state index is 5.89. The number of pyridine rings is 1. The van der Waals surface area contributed by atoms with Gasteiger partial charge in [-0.05, 0) is 52.5 Å². The Balaban J connectivity index is 2.11. The summed E-state index contributed by atoms with van der Waals surface area (Å²) in [6, 6.07) is 10.2. The lowest BCUT2D eigenvalue weighted by Gasteiger charge is -2.05. The van der Waals surface area contributed by atoms with Crippen molar-refractivity contribution in [2.45, 2.75) is 32.6 Å². The monoisotopic (exact) mass is 318 g/mol. The van der Waals surface area contributed by atoms with E-state index in [1.54, 1.807) is 0 Å². The fraction of sp³-hybridized carbons (Fsp3) is 0.312. The molecule has 1 aromatic heterocycles. The van der Waals surface area contributed by atoms with Gasteiger partial charge in [0.1, 0.15) is 0 Å². The van der Waals surface area contributed by atoms with Crippen LogP contribution in [0.1, 0.15) is 31.7 Å². The predicted molar refractivity (Wildman–Crippen MR) is 85.0 cm³/mol. The zero-order chi connectivity index (χ0) is 13.7. The highest BCUT2D eigenvalue weighted by molar-refractivity contribution is 9.10. The van der Waals surface area contributed by atoms with Crippen molar-refractivity contribution in [1.29, 1.82) is 0 Å². The summed E-state index contributed by atoms with van der Waals surface area (Å²) >= 11 is 3.40. The van der Waals surface area contributed by atoms with E-state index in [0.717, 1.165) is 27.8 Å². The minimum absolute atomic E-state index is 0.742. The van der Waals surface area contributed by atoms with Gasteiger partial charge in [-0.25, -0.2) is 0 Å². The Bertz CT molecular complexity index is 535. The van der Waals surface area contributed by atoms with Crippen LogP contribution in [0.25, 0.3) is 11.3 Å². The van der Waals surface area contributed by atoms with Crippen molar-refractivity contribution in [3.63, 3.8) is 0 Å². The number of hydrogen-bond acceptors (Lipinski definition) is 2. The van der Waals surface area contributed by atoms with Crippen molar-refractivity contribution in [1.82, 2.24) is 4.98 Å². The topological polar surface area (TPSA) is 38.9 Å². The van der Waals surface area contributed by atoms with Gasteiger partial charge in [0.05, 0.1) is 5.69 Å². The van der Waals surface area contributed by atoms with Gasteiger partial charge in [0, 0.05) is 21.9 Å². The molecule has 100 valence electrons. The molecule has 0 aliphatic heterocycles. The molecule has 0 unspecified atom stereocenters. The largest absolute Gasteiger partial charge is 0.398 e. The lowest BCUT2D eigenvalue weighted by atomic mass is 10.1. The Morgan fingerprint density at radius 1 is 1.16 bits per heavy atom. The van der Waals surface area contributed by atoms with E-state index in [1.165, 1.54) is 24.8 Å². The number of nitrogens with two attached hydrogens (primary N) is 1. The summed E-state index contributed by atoms with van der Waals surface area (Å²) in [6.45, 7) is 2.22. The number of nitrogen functional groups attached to an aromatic ring is 1. The van der Waals surface area contributed by atoms with Crippen molar-refractivity contribution >= 4 is 21.6 Å². The first-order valence-corrected chi connectivity index (χ1v) is 7.50. The number of hydrogen-bond donors (Lipinski definition) is 1. The van der Waals surface area contributed by atoms with Crippen LogP contribution in [0, 0.1) is 0 Å². The van der Waals surface area contributed by atoms with Gasteiger partial charge in [0.15, 0.2) is 0 Å². The maximum absolute atomic E-state index is 5.89. The van der Waals surface area contributed by atoms with Crippen molar-refractivity contribution in [3.8, 4) is 11.3 Å². The van der Waals surface area contributed by atoms with Crippen molar-refractivity contribution in [3.05, 3.63) is 46.6 Å². The highest BCUT2D eigenvalue weighted by atomic mass is 79.9. The van der Waals surface area contributed by atoms with E-state index in [4.69, 9.17) is 5.73 Å². The third-order valence-electron chi connectivity index (χ3n) is 3.19. The van der Waals surface area contributed by atoms with Crippen molar-refractivity contribution < 1.29 is 0 Å². The van der Waals surface area contributed by atoms with E-state index < -0.39 is 0 Å². The molecule has 0 aliphatic rings. The first-order valence-electron chi connectivity index (χ1n) is 6.71. The highest BCUT2D eigenvalue weighted by Gasteiger charge is 2.02. The van der Waals surface area contributed by atoms with E-state index >= 15 is 0 Å². The van der Waals surface area contributed by atoms with Crippen LogP contribution in [0.5, 0.6) is 0 Å². The molecular formula is C16H19BrN2. The molecule has 1 heterocycles. The summed E-state index contributed by atoms with van der Waals surface area (Å²) in [7, 11) is 0. The van der Waals surface area contributed by atoms with Crippen LogP contribution in [0.4, 0.5) is 5.69 Å². The van der Waals surface area contributed by atoms with Crippen LogP contribution in [-0.4, -0.2) is 4.98 Å². The zero-order valence-electron chi connectivity index (χ0n) is 11.2. The van der Waals surface area contributed by atoms with Gasteiger partial charge in [-0.3, -0.25) is 4.98 Å². The lowest BCUT2D eigenvalue weighted by molar-refractivity contribution is 0.716. The normalized spacial score (nSPS) is 10.6. The van der Waals surface area contributed by atoms with Crippen molar-refractivity contribution in [2.24, 2.45) is 0 Å². The Kier molecular flexibility index (Phi) is 4.97. The average Bonchev–Trinajstić information content (AvgIpc) is 2.43. The Morgan fingerprint density at radius 2 is 2.00 bits per heavy atom. The molecule has 0 bridgehead atoms. The molecule has 2 rings (SSSR count). The summed E-state index contributed by atoms with van der Waals surface area (Å²) in [5.41, 5.74) is 9.97. The smallest absolute Gasteiger partial charge is 0.0702 e. The SMILES string of the molecule is CCCCCc1ccc(-c2ccc(Br)c(N)c2)nc1. The van der Waals surface area contributed by atoms with Crippen LogP contribution in [0.3, 0.4) is 0 Å². The zero-order valence-corrected chi connectivity index (χ0v) is 12.8. The molecular weight excluding hydrogens is 300 g/mol. The van der Waals surface area contributed by atoms with Gasteiger partial charge in [0.2, 0.25) is 0 Å². The standard InChI is InChI=1S/C16H19BrN2/c1-2-3-4-5-12-6-9-16(19-11-12)13-7-8-14(17)15(18)10-13/h6-11H,2-5,18H2,1H3. The number of aryl methyl sites for hydroxylation is 1. The Hall–Kier alpha value is -1.35. The van der Waals surface area contributed by atoms with Crippen LogP contribution in [0.2, 0.25) is 0 Å². The first-order chi connectivity index (χ1) is 9.20. The third-order valence-corrected chi connectivity index (χ3v) is 3.91. The van der Waals surface area contributed by atoms with Gasteiger partial charge in [0.25, 0.3) is 0 Å². The Labute approximate surface area is 123 Å². The molecule has 19 heavy (non-hydrogen) atoms. The molecule has 0 fully saturated rings. The van der Waals surface area contributed by atoms with Crippen LogP contribution in [0.15, 0.2) is 41.0 Å². The second-order valence-corrected chi connectivity index (χ2v) is 5.60. The molecule has 0 aliphatic carbocycles. The number of unbranched alkanes of at least 4 members (excludes halogenated alkanes) is 2. The second kappa shape index (κ2) is 6.71. The van der Waals surface area contributed by atoms with Crippen LogP contribution < -0.4 is 5.73 Å². The average molecular weight is 319 g/mol. The fourth-order valence-electron chi connectivity index (χ4n) is 2.03. The van der Waals surface area contributed by atoms with E-state index in [2.05, 4.69) is 40.0 Å². The van der Waals surface area contributed by atoms with Gasteiger partial charge >= 0.3 is 0 Å². The van der Waals surface area contributed by atoms with Gasteiger partial charge in [-0.1, -0.05) is 31.9 Å². The summed E-state index contributed by atoms with van der Waals surface area (Å²) in [5.74, 6) is 0. The van der Waals surface area contributed by atoms with Gasteiger partial charge in [-0.2, -0.15) is 0 Å². The molecule has 0 amide bonds. The summed E-state index contributed by atoms with van der Waals surface area (Å²) in [6.07, 6.45) is 6.87. The summed E-state index contributed by atoms with van der Waals surface area (Å²) in [4.78, 5) is 4.53. The predicted octanol–water partition coefficient (Wildman–Crippen LogP) is 4.83. The maximum Gasteiger partial charge on any atom is 0.0702 e. The minimum atomic E-state index is 0.742. The van der Waals surface area contributed by atoms with Gasteiger partial charge < -0.3 is 5.73 Å². The molecule has 0 atom stereocenters. The molecule has 1 aromatic carbocycles. The highest BCUT2D eigenvalue weighted by Crippen LogP contribution is 2.26. The molecule has 2 nitrogen and oxygen atoms in total. The van der Waals surface area contributed by atoms with Gasteiger partial charge in [-0.15, -0.1) is 0 Å². The molecule has 0 saturated carbocycles. The van der Waals surface area contributed by atoms with E-state index in [1.807, 2.05) is 24.4 Å². The van der Waals surface area contributed by atoms with Crippen LogP contribution in [-0.2, 0) is 6.42 Å². The summed E-state index contributed by atoms with van der Waals surface area (Å²) in [5, 5.41) is 0. The van der Waals surface area contributed by atoms with Crippen molar-refractivity contribution in [2.75, 3.05) is 5.73 Å². The molecule has 0 spiro atoms.